The SMILES string of the molecule is C=C/C=c1/c(=O)[nH]cn/c1=C/C=C\C. The van der Waals surface area contributed by atoms with E-state index >= 15 is 0 Å². The van der Waals surface area contributed by atoms with Gasteiger partial charge in [0, 0.05) is 0 Å². The van der Waals surface area contributed by atoms with E-state index in [1.165, 1.54) is 6.33 Å². The van der Waals surface area contributed by atoms with Gasteiger partial charge >= 0.3 is 0 Å². The molecule has 0 aliphatic heterocycles. The second-order valence-corrected chi connectivity index (χ2v) is 2.63. The zero-order valence-electron chi connectivity index (χ0n) is 8.03. The van der Waals surface area contributed by atoms with Gasteiger partial charge in [-0.15, -0.1) is 0 Å². The van der Waals surface area contributed by atoms with Crippen LogP contribution in [0.25, 0.3) is 12.2 Å². The van der Waals surface area contributed by atoms with Crippen molar-refractivity contribution in [2.45, 2.75) is 6.92 Å². The van der Waals surface area contributed by atoms with Gasteiger partial charge in [-0.25, -0.2) is 4.98 Å². The smallest absolute Gasteiger partial charge is 0.258 e. The lowest BCUT2D eigenvalue weighted by Gasteiger charge is -1.86. The Labute approximate surface area is 81.8 Å². The Bertz CT molecular complexity index is 509. The summed E-state index contributed by atoms with van der Waals surface area (Å²) < 4.78 is 0. The van der Waals surface area contributed by atoms with E-state index in [1.807, 2.05) is 19.1 Å². The number of nitrogens with zero attached hydrogens (tertiary/aromatic N) is 1. The van der Waals surface area contributed by atoms with Crippen molar-refractivity contribution < 1.29 is 0 Å². The molecule has 1 aromatic rings. The maximum Gasteiger partial charge on any atom is 0.258 e. The largest absolute Gasteiger partial charge is 0.313 e. The van der Waals surface area contributed by atoms with Crippen LogP contribution in [0.1, 0.15) is 6.92 Å². The van der Waals surface area contributed by atoms with Gasteiger partial charge in [-0.05, 0) is 19.1 Å². The van der Waals surface area contributed by atoms with Crippen molar-refractivity contribution in [3.63, 3.8) is 0 Å². The van der Waals surface area contributed by atoms with Crippen molar-refractivity contribution >= 4 is 12.2 Å². The lowest BCUT2D eigenvalue weighted by atomic mass is 10.3. The Hall–Kier alpha value is -1.90. The first kappa shape index (κ1) is 10.2. The van der Waals surface area contributed by atoms with Crippen molar-refractivity contribution in [1.82, 2.24) is 9.97 Å². The Morgan fingerprint density at radius 1 is 1.50 bits per heavy atom. The summed E-state index contributed by atoms with van der Waals surface area (Å²) in [6, 6.07) is 0. The molecule has 0 aromatic carbocycles. The van der Waals surface area contributed by atoms with Gasteiger partial charge in [0.05, 0.1) is 16.9 Å². The summed E-state index contributed by atoms with van der Waals surface area (Å²) in [6.07, 6.45) is 10.1. The van der Waals surface area contributed by atoms with Crippen LogP contribution in [0.3, 0.4) is 0 Å². The molecule has 14 heavy (non-hydrogen) atoms. The molecule has 0 aliphatic carbocycles. The van der Waals surface area contributed by atoms with Crippen LogP contribution in [0.15, 0.2) is 35.9 Å². The van der Waals surface area contributed by atoms with Crippen LogP contribution in [0.2, 0.25) is 0 Å². The lowest BCUT2D eigenvalue weighted by molar-refractivity contribution is 1.05. The quantitative estimate of drug-likeness (QED) is 0.715. The fraction of sp³-hybridized carbons (Fsp3) is 0.0909. The first-order valence-electron chi connectivity index (χ1n) is 4.29. The van der Waals surface area contributed by atoms with Gasteiger partial charge in [0.2, 0.25) is 0 Å². The third-order valence-electron chi connectivity index (χ3n) is 1.65. The maximum absolute atomic E-state index is 11.4. The molecule has 1 rings (SSSR count). The molecule has 0 saturated heterocycles. The predicted molar refractivity (Wildman–Crippen MR) is 58.0 cm³/mol. The van der Waals surface area contributed by atoms with Gasteiger partial charge < -0.3 is 4.98 Å². The molecule has 3 nitrogen and oxygen atoms in total. The molecule has 1 aromatic heterocycles. The minimum atomic E-state index is -0.157. The van der Waals surface area contributed by atoms with Crippen molar-refractivity contribution in [2.75, 3.05) is 0 Å². The molecular weight excluding hydrogens is 176 g/mol. The van der Waals surface area contributed by atoms with Gasteiger partial charge in [0.15, 0.2) is 0 Å². The number of allylic oxidation sites excluding steroid dienone is 3. The molecule has 0 spiro atoms. The Balaban J connectivity index is 3.60. The fourth-order valence-corrected chi connectivity index (χ4v) is 1.02. The number of H-pyrrole nitrogens is 1. The molecule has 0 aliphatic rings. The fourth-order valence-electron chi connectivity index (χ4n) is 1.02. The minimum Gasteiger partial charge on any atom is -0.313 e. The van der Waals surface area contributed by atoms with Crippen LogP contribution < -0.4 is 16.1 Å². The number of rotatable bonds is 2. The van der Waals surface area contributed by atoms with Crippen LogP contribution in [0.5, 0.6) is 0 Å². The zero-order valence-corrected chi connectivity index (χ0v) is 8.03. The van der Waals surface area contributed by atoms with Gasteiger partial charge in [-0.2, -0.15) is 0 Å². The highest BCUT2D eigenvalue weighted by molar-refractivity contribution is 5.39. The summed E-state index contributed by atoms with van der Waals surface area (Å²) in [5, 5.41) is 1.17. The lowest BCUT2D eigenvalue weighted by Crippen LogP contribution is -2.42. The van der Waals surface area contributed by atoms with E-state index in [0.29, 0.717) is 10.6 Å². The number of hydrogen-bond donors (Lipinski definition) is 1. The van der Waals surface area contributed by atoms with E-state index in [9.17, 15) is 4.79 Å². The van der Waals surface area contributed by atoms with Gasteiger partial charge in [-0.1, -0.05) is 24.8 Å². The van der Waals surface area contributed by atoms with Crippen LogP contribution in [-0.2, 0) is 0 Å². The number of aromatic amines is 1. The predicted octanol–water partition coefficient (Wildman–Crippen LogP) is 0.0930. The van der Waals surface area contributed by atoms with E-state index < -0.39 is 0 Å². The molecular formula is C11H12N2O. The number of nitrogens with one attached hydrogen (secondary N) is 1. The van der Waals surface area contributed by atoms with E-state index in [-0.39, 0.29) is 5.56 Å². The third kappa shape index (κ3) is 2.29. The first-order chi connectivity index (χ1) is 6.79. The average Bonchev–Trinajstić information content (AvgIpc) is 2.19. The van der Waals surface area contributed by atoms with Crippen LogP contribution in [-0.4, -0.2) is 9.97 Å². The van der Waals surface area contributed by atoms with Crippen LogP contribution in [0.4, 0.5) is 0 Å². The number of aromatic nitrogens is 2. The summed E-state index contributed by atoms with van der Waals surface area (Å²) >= 11 is 0. The molecule has 0 fully saturated rings. The van der Waals surface area contributed by atoms with E-state index in [0.717, 1.165) is 0 Å². The number of hydrogen-bond acceptors (Lipinski definition) is 2. The molecule has 1 N–H and O–H groups in total. The van der Waals surface area contributed by atoms with E-state index in [2.05, 4.69) is 16.5 Å². The van der Waals surface area contributed by atoms with E-state index in [1.54, 1.807) is 18.2 Å². The maximum atomic E-state index is 11.4. The average molecular weight is 188 g/mol. The minimum absolute atomic E-state index is 0.157. The Morgan fingerprint density at radius 2 is 2.29 bits per heavy atom. The van der Waals surface area contributed by atoms with Crippen molar-refractivity contribution in [3.05, 3.63) is 52.1 Å². The highest BCUT2D eigenvalue weighted by atomic mass is 16.1. The van der Waals surface area contributed by atoms with E-state index in [4.69, 9.17) is 0 Å². The van der Waals surface area contributed by atoms with Gasteiger partial charge in [0.1, 0.15) is 0 Å². The summed E-state index contributed by atoms with van der Waals surface area (Å²) in [7, 11) is 0. The summed E-state index contributed by atoms with van der Waals surface area (Å²) in [5.74, 6) is 0. The topological polar surface area (TPSA) is 45.8 Å². The van der Waals surface area contributed by atoms with Crippen LogP contribution >= 0.6 is 0 Å². The molecule has 0 saturated carbocycles. The third-order valence-corrected chi connectivity index (χ3v) is 1.65. The first-order valence-corrected chi connectivity index (χ1v) is 4.29. The standard InChI is InChI=1S/C11H12N2O/c1-3-5-7-10-9(6-4-2)11(14)13-8-12-10/h3-8H,2H2,1H3,(H,12,13,14)/b5-3-,9-6+,10-7+. The van der Waals surface area contributed by atoms with Crippen molar-refractivity contribution in [3.8, 4) is 0 Å². The second-order valence-electron chi connectivity index (χ2n) is 2.63. The van der Waals surface area contributed by atoms with Crippen LogP contribution in [0, 0.1) is 0 Å². The molecule has 0 radical (unpaired) electrons. The molecule has 0 bridgehead atoms. The van der Waals surface area contributed by atoms with Crippen molar-refractivity contribution in [2.24, 2.45) is 0 Å². The molecule has 3 heteroatoms. The highest BCUT2D eigenvalue weighted by Crippen LogP contribution is 1.68. The summed E-state index contributed by atoms with van der Waals surface area (Å²) in [4.78, 5) is 17.9. The highest BCUT2D eigenvalue weighted by Gasteiger charge is 1.89. The summed E-state index contributed by atoms with van der Waals surface area (Å²) in [6.45, 7) is 5.45. The molecule has 0 atom stereocenters. The molecule has 72 valence electrons. The molecule has 0 amide bonds. The van der Waals surface area contributed by atoms with Gasteiger partial charge in [-0.3, -0.25) is 4.79 Å². The van der Waals surface area contributed by atoms with Gasteiger partial charge in [0.25, 0.3) is 5.56 Å². The normalized spacial score (nSPS) is 13.8. The monoisotopic (exact) mass is 188 g/mol. The van der Waals surface area contributed by atoms with Crippen molar-refractivity contribution in [1.29, 1.82) is 0 Å². The summed E-state index contributed by atoms with van der Waals surface area (Å²) in [5.41, 5.74) is -0.157. The second kappa shape index (κ2) is 4.97. The molecule has 0 unspecified atom stereocenters. The molecule has 1 heterocycles. The Morgan fingerprint density at radius 3 is 2.93 bits per heavy atom. The Kier molecular flexibility index (Phi) is 3.61. The zero-order chi connectivity index (χ0) is 10.4.